The molecule has 0 saturated heterocycles. The maximum Gasteiger partial charge on any atom is 0.322 e. The summed E-state index contributed by atoms with van der Waals surface area (Å²) in [4.78, 5) is 11.0. The van der Waals surface area contributed by atoms with Gasteiger partial charge in [-0.1, -0.05) is 13.8 Å². The number of hydrogen-bond donors (Lipinski definition) is 2. The molecule has 0 aliphatic carbocycles. The molecule has 1 aromatic rings. The van der Waals surface area contributed by atoms with E-state index in [-0.39, 0.29) is 10.6 Å². The summed E-state index contributed by atoms with van der Waals surface area (Å²) in [6.45, 7) is 3.23. The predicted octanol–water partition coefficient (Wildman–Crippen LogP) is 1.85. The zero-order valence-corrected chi connectivity index (χ0v) is 15.0. The van der Waals surface area contributed by atoms with Crippen molar-refractivity contribution in [2.45, 2.75) is 24.8 Å². The first kappa shape index (κ1) is 18.7. The van der Waals surface area contributed by atoms with Crippen molar-refractivity contribution in [3.63, 3.8) is 0 Å². The number of sulfonamides is 1. The first-order valence-electron chi connectivity index (χ1n) is 6.30. The van der Waals surface area contributed by atoms with Crippen molar-refractivity contribution in [1.29, 1.82) is 0 Å². The molecule has 0 heterocycles. The second-order valence-electron chi connectivity index (χ2n) is 4.82. The molecular weight excluding hydrogens is 378 g/mol. The number of aliphatic carboxylic acids is 1. The molecule has 0 saturated carbocycles. The van der Waals surface area contributed by atoms with Crippen molar-refractivity contribution in [1.82, 2.24) is 4.72 Å². The molecule has 0 aliphatic heterocycles. The van der Waals surface area contributed by atoms with E-state index < -0.39 is 28.0 Å². The normalized spacial score (nSPS) is 13.0. The SMILES string of the molecule is COc1cc(OC)c(S(=O)(=O)NC(C(=O)O)C(C)C)cc1Br. The summed E-state index contributed by atoms with van der Waals surface area (Å²) in [6, 6.07) is 1.47. The quantitative estimate of drug-likeness (QED) is 0.730. The van der Waals surface area contributed by atoms with Crippen LogP contribution in [-0.2, 0) is 14.8 Å². The smallest absolute Gasteiger partial charge is 0.322 e. The fourth-order valence-electron chi connectivity index (χ4n) is 1.74. The summed E-state index contributed by atoms with van der Waals surface area (Å²) in [5.74, 6) is -1.21. The van der Waals surface area contributed by atoms with Crippen LogP contribution in [0.4, 0.5) is 0 Å². The van der Waals surface area contributed by atoms with Crippen LogP contribution in [0.2, 0.25) is 0 Å². The van der Waals surface area contributed by atoms with Gasteiger partial charge >= 0.3 is 5.97 Å². The number of carboxylic acid groups (broad SMARTS) is 1. The van der Waals surface area contributed by atoms with Gasteiger partial charge in [-0.3, -0.25) is 4.79 Å². The third-order valence-corrected chi connectivity index (χ3v) is 5.02. The van der Waals surface area contributed by atoms with Crippen LogP contribution >= 0.6 is 15.9 Å². The zero-order chi connectivity index (χ0) is 17.1. The maximum atomic E-state index is 12.5. The molecule has 0 aromatic heterocycles. The van der Waals surface area contributed by atoms with E-state index in [0.717, 1.165) is 0 Å². The van der Waals surface area contributed by atoms with Crippen LogP contribution in [0.25, 0.3) is 0 Å². The van der Waals surface area contributed by atoms with E-state index in [0.29, 0.717) is 10.2 Å². The molecule has 0 radical (unpaired) electrons. The van der Waals surface area contributed by atoms with Gasteiger partial charge < -0.3 is 14.6 Å². The molecule has 2 N–H and O–H groups in total. The van der Waals surface area contributed by atoms with Crippen LogP contribution in [0.3, 0.4) is 0 Å². The molecule has 0 fully saturated rings. The highest BCUT2D eigenvalue weighted by Gasteiger charge is 2.30. The Morgan fingerprint density at radius 2 is 1.77 bits per heavy atom. The number of rotatable bonds is 7. The van der Waals surface area contributed by atoms with E-state index in [1.165, 1.54) is 26.4 Å². The number of methoxy groups -OCH3 is 2. The average Bonchev–Trinajstić information content (AvgIpc) is 2.43. The van der Waals surface area contributed by atoms with Gasteiger partial charge in [-0.25, -0.2) is 8.42 Å². The highest BCUT2D eigenvalue weighted by atomic mass is 79.9. The molecule has 0 bridgehead atoms. The Hall–Kier alpha value is -1.32. The fourth-order valence-corrected chi connectivity index (χ4v) is 3.92. The minimum absolute atomic E-state index is 0.0560. The first-order valence-corrected chi connectivity index (χ1v) is 8.58. The number of halogens is 1. The van der Waals surface area contributed by atoms with Gasteiger partial charge in [0, 0.05) is 6.07 Å². The second-order valence-corrected chi connectivity index (χ2v) is 7.36. The highest BCUT2D eigenvalue weighted by molar-refractivity contribution is 9.10. The maximum absolute atomic E-state index is 12.5. The van der Waals surface area contributed by atoms with E-state index in [1.54, 1.807) is 13.8 Å². The van der Waals surface area contributed by atoms with Gasteiger partial charge in [0.05, 0.1) is 18.7 Å². The fraction of sp³-hybridized carbons (Fsp3) is 0.462. The van der Waals surface area contributed by atoms with E-state index in [9.17, 15) is 13.2 Å². The Morgan fingerprint density at radius 1 is 1.23 bits per heavy atom. The van der Waals surface area contributed by atoms with Crippen molar-refractivity contribution in [2.24, 2.45) is 5.92 Å². The summed E-state index contributed by atoms with van der Waals surface area (Å²) >= 11 is 3.20. The summed E-state index contributed by atoms with van der Waals surface area (Å²) in [7, 11) is -1.33. The third-order valence-electron chi connectivity index (χ3n) is 2.94. The molecule has 22 heavy (non-hydrogen) atoms. The second kappa shape index (κ2) is 7.30. The lowest BCUT2D eigenvalue weighted by Crippen LogP contribution is -2.44. The number of carboxylic acids is 1. The van der Waals surface area contributed by atoms with Gasteiger partial charge in [-0.15, -0.1) is 0 Å². The Kier molecular flexibility index (Phi) is 6.21. The molecule has 124 valence electrons. The molecule has 0 amide bonds. The molecule has 1 atom stereocenters. The molecular formula is C13H18BrNO6S. The van der Waals surface area contributed by atoms with Crippen LogP contribution < -0.4 is 14.2 Å². The van der Waals surface area contributed by atoms with Gasteiger partial charge in [0.25, 0.3) is 0 Å². The van der Waals surface area contributed by atoms with Gasteiger partial charge in [-0.2, -0.15) is 4.72 Å². The third kappa shape index (κ3) is 4.11. The Labute approximate surface area is 137 Å². The standard InChI is InChI=1S/C13H18BrNO6S/c1-7(2)12(13(16)17)15-22(18,19)11-5-8(14)9(20-3)6-10(11)21-4/h5-7,12,15H,1-4H3,(H,16,17). The lowest BCUT2D eigenvalue weighted by molar-refractivity contribution is -0.140. The molecule has 0 aliphatic rings. The van der Waals surface area contributed by atoms with Crippen molar-refractivity contribution < 1.29 is 27.8 Å². The topological polar surface area (TPSA) is 102 Å². The largest absolute Gasteiger partial charge is 0.495 e. The predicted molar refractivity (Wildman–Crippen MR) is 83.8 cm³/mol. The van der Waals surface area contributed by atoms with Crippen LogP contribution in [0.15, 0.2) is 21.5 Å². The molecule has 7 nitrogen and oxygen atoms in total. The van der Waals surface area contributed by atoms with E-state index >= 15 is 0 Å². The minimum atomic E-state index is -4.08. The van der Waals surface area contributed by atoms with E-state index in [4.69, 9.17) is 14.6 Å². The lowest BCUT2D eigenvalue weighted by Gasteiger charge is -2.19. The van der Waals surface area contributed by atoms with Crippen LogP contribution in [0.1, 0.15) is 13.8 Å². The number of carbonyl (C=O) groups is 1. The molecule has 0 spiro atoms. The monoisotopic (exact) mass is 395 g/mol. The van der Waals surface area contributed by atoms with Gasteiger partial charge in [0.1, 0.15) is 22.4 Å². The number of hydrogen-bond acceptors (Lipinski definition) is 5. The molecule has 9 heteroatoms. The van der Waals surface area contributed by atoms with Crippen molar-refractivity contribution >= 4 is 31.9 Å². The number of nitrogens with one attached hydrogen (secondary N) is 1. The van der Waals surface area contributed by atoms with Gasteiger partial charge in [-0.05, 0) is 27.9 Å². The summed E-state index contributed by atoms with van der Waals surface area (Å²) in [5, 5.41) is 9.13. The van der Waals surface area contributed by atoms with E-state index in [2.05, 4.69) is 20.7 Å². The minimum Gasteiger partial charge on any atom is -0.495 e. The summed E-state index contributed by atoms with van der Waals surface area (Å²) in [5.41, 5.74) is 0. The first-order chi connectivity index (χ1) is 10.1. The Morgan fingerprint density at radius 3 is 2.18 bits per heavy atom. The highest BCUT2D eigenvalue weighted by Crippen LogP contribution is 2.35. The molecule has 1 rings (SSSR count). The lowest BCUT2D eigenvalue weighted by atomic mass is 10.1. The average molecular weight is 396 g/mol. The van der Waals surface area contributed by atoms with Crippen molar-refractivity contribution in [2.75, 3.05) is 14.2 Å². The summed E-state index contributed by atoms with van der Waals surface area (Å²) < 4.78 is 37.7. The number of benzene rings is 1. The van der Waals surface area contributed by atoms with Gasteiger partial charge in [0.15, 0.2) is 0 Å². The molecule has 1 aromatic carbocycles. The van der Waals surface area contributed by atoms with Crippen molar-refractivity contribution in [3.05, 3.63) is 16.6 Å². The van der Waals surface area contributed by atoms with Gasteiger partial charge in [0.2, 0.25) is 10.0 Å². The molecule has 1 unspecified atom stereocenters. The van der Waals surface area contributed by atoms with Crippen LogP contribution in [-0.4, -0.2) is 39.8 Å². The zero-order valence-electron chi connectivity index (χ0n) is 12.6. The van der Waals surface area contributed by atoms with Crippen molar-refractivity contribution in [3.8, 4) is 11.5 Å². The number of ether oxygens (including phenoxy) is 2. The van der Waals surface area contributed by atoms with E-state index in [1.807, 2.05) is 0 Å². The summed E-state index contributed by atoms with van der Waals surface area (Å²) in [6.07, 6.45) is 0. The van der Waals surface area contributed by atoms with Crippen LogP contribution in [0.5, 0.6) is 11.5 Å². The Balaban J connectivity index is 3.33. The van der Waals surface area contributed by atoms with Crippen LogP contribution in [0, 0.1) is 5.92 Å². The Bertz CT molecular complexity index is 659.